The van der Waals surface area contributed by atoms with Crippen molar-refractivity contribution in [3.63, 3.8) is 0 Å². The number of nitrogens with one attached hydrogen (secondary N) is 1. The molecule has 0 spiro atoms. The average Bonchev–Trinajstić information content (AvgIpc) is 2.96. The lowest BCUT2D eigenvalue weighted by molar-refractivity contribution is 0.441. The molecule has 5 rings (SSSR count). The highest BCUT2D eigenvalue weighted by Crippen LogP contribution is 2.36. The molecule has 0 saturated heterocycles. The summed E-state index contributed by atoms with van der Waals surface area (Å²) < 4.78 is 0. The van der Waals surface area contributed by atoms with Crippen LogP contribution in [0.2, 0.25) is 0 Å². The van der Waals surface area contributed by atoms with Crippen LogP contribution in [0.4, 0.5) is 0 Å². The molecule has 178 valence electrons. The molecule has 0 aliphatic carbocycles. The lowest BCUT2D eigenvalue weighted by Crippen LogP contribution is -2.49. The minimum absolute atomic E-state index is 0.0388. The van der Waals surface area contributed by atoms with Crippen molar-refractivity contribution in [2.75, 3.05) is 6.54 Å². The first-order chi connectivity index (χ1) is 17.8. The smallest absolute Gasteiger partial charge is 0.0948 e. The molecule has 0 aromatic heterocycles. The van der Waals surface area contributed by atoms with Crippen LogP contribution < -0.4 is 11.1 Å². The van der Waals surface area contributed by atoms with Crippen LogP contribution in [0, 0.1) is 0 Å². The quantitative estimate of drug-likeness (QED) is 0.233. The van der Waals surface area contributed by atoms with E-state index in [0.717, 1.165) is 6.42 Å². The SMILES string of the molecule is N[C@H](CNC(c1ccccc1)(c1ccccc1)c1ccccc1)Cc1ccc(-c2ccccc2)cc1. The summed E-state index contributed by atoms with van der Waals surface area (Å²) in [6.07, 6.45) is 0.802. The number of hydrogen-bond donors (Lipinski definition) is 2. The molecular weight excluding hydrogens is 436 g/mol. The standard InChI is InChI=1S/C34H32N2/c35-33(25-27-21-23-29(24-22-27)28-13-5-1-6-14-28)26-36-34(30-15-7-2-8-16-30,31-17-9-3-10-18-31)32-19-11-4-12-20-32/h1-24,33,36H,25-26,35H2/t33-/m0/s1. The van der Waals surface area contributed by atoms with Gasteiger partial charge in [-0.15, -0.1) is 0 Å². The molecule has 0 fully saturated rings. The van der Waals surface area contributed by atoms with Gasteiger partial charge in [0.15, 0.2) is 0 Å². The summed E-state index contributed by atoms with van der Waals surface area (Å²) in [5.41, 5.74) is 13.5. The van der Waals surface area contributed by atoms with E-state index in [1.807, 2.05) is 6.07 Å². The van der Waals surface area contributed by atoms with Gasteiger partial charge in [0.25, 0.3) is 0 Å². The zero-order valence-electron chi connectivity index (χ0n) is 20.4. The van der Waals surface area contributed by atoms with E-state index in [1.54, 1.807) is 0 Å². The van der Waals surface area contributed by atoms with Crippen molar-refractivity contribution in [1.82, 2.24) is 5.32 Å². The average molecular weight is 469 g/mol. The molecule has 0 heterocycles. The Morgan fingerprint density at radius 3 is 1.33 bits per heavy atom. The minimum Gasteiger partial charge on any atom is -0.326 e. The fraction of sp³-hybridized carbons (Fsp3) is 0.118. The molecule has 0 bridgehead atoms. The van der Waals surface area contributed by atoms with Gasteiger partial charge in [-0.3, -0.25) is 5.32 Å². The second kappa shape index (κ2) is 11.2. The molecule has 5 aromatic rings. The van der Waals surface area contributed by atoms with E-state index in [9.17, 15) is 0 Å². The maximum absolute atomic E-state index is 6.73. The van der Waals surface area contributed by atoms with Crippen molar-refractivity contribution in [2.45, 2.75) is 18.0 Å². The first-order valence-electron chi connectivity index (χ1n) is 12.6. The summed E-state index contributed by atoms with van der Waals surface area (Å²) in [6, 6.07) is 51.2. The van der Waals surface area contributed by atoms with E-state index >= 15 is 0 Å². The zero-order chi connectivity index (χ0) is 24.6. The molecule has 0 aliphatic heterocycles. The highest BCUT2D eigenvalue weighted by molar-refractivity contribution is 5.63. The van der Waals surface area contributed by atoms with E-state index in [1.165, 1.54) is 33.4 Å². The normalized spacial score (nSPS) is 12.2. The molecule has 3 N–H and O–H groups in total. The van der Waals surface area contributed by atoms with Gasteiger partial charge in [-0.2, -0.15) is 0 Å². The topological polar surface area (TPSA) is 38.0 Å². The number of benzene rings is 5. The van der Waals surface area contributed by atoms with E-state index in [4.69, 9.17) is 5.73 Å². The van der Waals surface area contributed by atoms with Crippen LogP contribution in [-0.2, 0) is 12.0 Å². The minimum atomic E-state index is -0.501. The first kappa shape index (κ1) is 23.7. The second-order valence-corrected chi connectivity index (χ2v) is 9.26. The van der Waals surface area contributed by atoms with Crippen molar-refractivity contribution in [3.05, 3.63) is 168 Å². The Bertz CT molecular complexity index is 1240. The summed E-state index contributed by atoms with van der Waals surface area (Å²) in [7, 11) is 0. The Labute approximate surface area is 214 Å². The Balaban J connectivity index is 1.41. The first-order valence-corrected chi connectivity index (χ1v) is 12.6. The molecule has 1 atom stereocenters. The lowest BCUT2D eigenvalue weighted by atomic mass is 9.77. The fourth-order valence-corrected chi connectivity index (χ4v) is 4.99. The van der Waals surface area contributed by atoms with Crippen LogP contribution >= 0.6 is 0 Å². The van der Waals surface area contributed by atoms with Crippen molar-refractivity contribution < 1.29 is 0 Å². The van der Waals surface area contributed by atoms with Crippen molar-refractivity contribution in [3.8, 4) is 11.1 Å². The monoisotopic (exact) mass is 468 g/mol. The van der Waals surface area contributed by atoms with Crippen LogP contribution in [0.15, 0.2) is 146 Å². The molecule has 2 nitrogen and oxygen atoms in total. The van der Waals surface area contributed by atoms with Crippen LogP contribution in [0.3, 0.4) is 0 Å². The van der Waals surface area contributed by atoms with Gasteiger partial charge in [-0.05, 0) is 39.8 Å². The zero-order valence-corrected chi connectivity index (χ0v) is 20.4. The van der Waals surface area contributed by atoms with Gasteiger partial charge in [-0.1, -0.05) is 146 Å². The second-order valence-electron chi connectivity index (χ2n) is 9.26. The van der Waals surface area contributed by atoms with Gasteiger partial charge in [0.05, 0.1) is 5.54 Å². The Kier molecular flexibility index (Phi) is 7.37. The highest BCUT2D eigenvalue weighted by atomic mass is 15.0. The maximum atomic E-state index is 6.73. The predicted octanol–water partition coefficient (Wildman–Crippen LogP) is 6.81. The van der Waals surface area contributed by atoms with Gasteiger partial charge >= 0.3 is 0 Å². The Morgan fingerprint density at radius 2 is 0.889 bits per heavy atom. The van der Waals surface area contributed by atoms with Gasteiger partial charge < -0.3 is 5.73 Å². The number of rotatable bonds is 9. The molecule has 0 unspecified atom stereocenters. The van der Waals surface area contributed by atoms with Crippen LogP contribution in [0.25, 0.3) is 11.1 Å². The van der Waals surface area contributed by atoms with Gasteiger partial charge in [0.1, 0.15) is 0 Å². The van der Waals surface area contributed by atoms with Gasteiger partial charge in [-0.25, -0.2) is 0 Å². The van der Waals surface area contributed by atoms with Crippen molar-refractivity contribution in [2.24, 2.45) is 5.73 Å². The largest absolute Gasteiger partial charge is 0.326 e. The highest BCUT2D eigenvalue weighted by Gasteiger charge is 2.36. The van der Waals surface area contributed by atoms with Crippen molar-refractivity contribution in [1.29, 1.82) is 0 Å². The molecule has 0 radical (unpaired) electrons. The van der Waals surface area contributed by atoms with E-state index in [2.05, 4.69) is 145 Å². The van der Waals surface area contributed by atoms with Crippen molar-refractivity contribution >= 4 is 0 Å². The molecule has 0 aliphatic rings. The van der Waals surface area contributed by atoms with Gasteiger partial charge in [0, 0.05) is 12.6 Å². The number of hydrogen-bond acceptors (Lipinski definition) is 2. The Hall–Kier alpha value is -3.98. The third-order valence-corrected chi connectivity index (χ3v) is 6.81. The fourth-order valence-electron chi connectivity index (χ4n) is 4.99. The van der Waals surface area contributed by atoms with E-state index < -0.39 is 5.54 Å². The third kappa shape index (κ3) is 5.16. The summed E-state index contributed by atoms with van der Waals surface area (Å²) in [5, 5.41) is 3.91. The summed E-state index contributed by atoms with van der Waals surface area (Å²) in [4.78, 5) is 0. The van der Waals surface area contributed by atoms with E-state index in [0.29, 0.717) is 6.54 Å². The molecule has 36 heavy (non-hydrogen) atoms. The Morgan fingerprint density at radius 1 is 0.500 bits per heavy atom. The van der Waals surface area contributed by atoms with Gasteiger partial charge in [0.2, 0.25) is 0 Å². The molecule has 5 aromatic carbocycles. The molecule has 0 saturated carbocycles. The molecule has 2 heteroatoms. The summed E-state index contributed by atoms with van der Waals surface area (Å²) >= 11 is 0. The van der Waals surface area contributed by atoms with E-state index in [-0.39, 0.29) is 6.04 Å². The third-order valence-electron chi connectivity index (χ3n) is 6.81. The predicted molar refractivity (Wildman–Crippen MR) is 151 cm³/mol. The number of nitrogens with two attached hydrogens (primary N) is 1. The molecule has 0 amide bonds. The summed E-state index contributed by atoms with van der Waals surface area (Å²) in [6.45, 7) is 0.666. The maximum Gasteiger partial charge on any atom is 0.0948 e. The summed E-state index contributed by atoms with van der Waals surface area (Å²) in [5.74, 6) is 0. The molecular formula is C34H32N2. The van der Waals surface area contributed by atoms with Crippen LogP contribution in [0.1, 0.15) is 22.3 Å². The lowest BCUT2D eigenvalue weighted by Gasteiger charge is -2.38. The van der Waals surface area contributed by atoms with Crippen LogP contribution in [-0.4, -0.2) is 12.6 Å². The van der Waals surface area contributed by atoms with Crippen LogP contribution in [0.5, 0.6) is 0 Å².